The van der Waals surface area contributed by atoms with Crippen LogP contribution in [0.15, 0.2) is 18.2 Å². The summed E-state index contributed by atoms with van der Waals surface area (Å²) in [6.45, 7) is 1.25. The van der Waals surface area contributed by atoms with Crippen molar-refractivity contribution in [3.63, 3.8) is 0 Å². The van der Waals surface area contributed by atoms with E-state index in [2.05, 4.69) is 5.32 Å². The van der Waals surface area contributed by atoms with Crippen LogP contribution in [0.2, 0.25) is 10.0 Å². The second kappa shape index (κ2) is 7.80. The van der Waals surface area contributed by atoms with E-state index < -0.39 is 5.79 Å². The van der Waals surface area contributed by atoms with Crippen molar-refractivity contribution in [2.24, 2.45) is 0 Å². The highest BCUT2D eigenvalue weighted by Gasteiger charge is 2.46. The highest BCUT2D eigenvalue weighted by molar-refractivity contribution is 6.42. The first-order chi connectivity index (χ1) is 11.9. The Morgan fingerprint density at radius 2 is 2.04 bits per heavy atom. The Morgan fingerprint density at radius 1 is 1.32 bits per heavy atom. The third-order valence-corrected chi connectivity index (χ3v) is 5.97. The molecule has 1 aromatic rings. The van der Waals surface area contributed by atoms with E-state index in [9.17, 15) is 4.79 Å². The van der Waals surface area contributed by atoms with Gasteiger partial charge in [0.25, 0.3) is 0 Å². The number of nitrogens with one attached hydrogen (secondary N) is 1. The minimum absolute atomic E-state index is 0.0205. The van der Waals surface area contributed by atoms with E-state index in [4.69, 9.17) is 32.7 Å². The van der Waals surface area contributed by atoms with Crippen molar-refractivity contribution in [1.29, 1.82) is 0 Å². The van der Waals surface area contributed by atoms with Crippen molar-refractivity contribution in [3.05, 3.63) is 33.8 Å². The van der Waals surface area contributed by atoms with Gasteiger partial charge in [-0.15, -0.1) is 0 Å². The highest BCUT2D eigenvalue weighted by Crippen LogP contribution is 2.37. The Balaban J connectivity index is 1.71. The van der Waals surface area contributed by atoms with Crippen LogP contribution < -0.4 is 5.32 Å². The number of amides is 1. The molecule has 3 rings (SSSR count). The highest BCUT2D eigenvalue weighted by atomic mass is 35.5. The lowest BCUT2D eigenvalue weighted by Crippen LogP contribution is -2.57. The summed E-state index contributed by atoms with van der Waals surface area (Å²) in [7, 11) is 3.78. The molecular formula is C18H24Cl2N2O3. The van der Waals surface area contributed by atoms with E-state index >= 15 is 0 Å². The van der Waals surface area contributed by atoms with E-state index in [0.29, 0.717) is 29.7 Å². The molecule has 0 radical (unpaired) electrons. The second-order valence-electron chi connectivity index (χ2n) is 6.74. The van der Waals surface area contributed by atoms with Crippen LogP contribution in [-0.4, -0.2) is 56.0 Å². The molecule has 25 heavy (non-hydrogen) atoms. The zero-order valence-corrected chi connectivity index (χ0v) is 16.1. The molecule has 0 bridgehead atoms. The number of benzene rings is 1. The minimum Gasteiger partial charge on any atom is -0.347 e. The number of rotatable bonds is 4. The summed E-state index contributed by atoms with van der Waals surface area (Å²) in [4.78, 5) is 14.6. The summed E-state index contributed by atoms with van der Waals surface area (Å²) < 4.78 is 11.7. The topological polar surface area (TPSA) is 50.8 Å². The van der Waals surface area contributed by atoms with Gasteiger partial charge in [0.2, 0.25) is 5.91 Å². The van der Waals surface area contributed by atoms with Gasteiger partial charge in [-0.25, -0.2) is 0 Å². The van der Waals surface area contributed by atoms with E-state index in [1.165, 1.54) is 0 Å². The molecule has 1 amide bonds. The van der Waals surface area contributed by atoms with Crippen molar-refractivity contribution >= 4 is 29.1 Å². The summed E-state index contributed by atoms with van der Waals surface area (Å²) in [5.41, 5.74) is 0.853. The maximum Gasteiger partial charge on any atom is 0.227 e. The fourth-order valence-electron chi connectivity index (χ4n) is 3.77. The van der Waals surface area contributed by atoms with E-state index in [-0.39, 0.29) is 24.4 Å². The monoisotopic (exact) mass is 386 g/mol. The summed E-state index contributed by atoms with van der Waals surface area (Å²) in [5, 5.41) is 4.29. The number of nitrogens with zero attached hydrogens (tertiary/aromatic N) is 1. The predicted octanol–water partition coefficient (Wildman–Crippen LogP) is 2.88. The molecule has 1 saturated heterocycles. The van der Waals surface area contributed by atoms with E-state index in [1.807, 2.05) is 25.1 Å². The molecule has 1 saturated carbocycles. The maximum atomic E-state index is 12.8. The second-order valence-corrected chi connectivity index (χ2v) is 7.56. The van der Waals surface area contributed by atoms with Gasteiger partial charge in [-0.2, -0.15) is 0 Å². The molecule has 1 aliphatic carbocycles. The first-order valence-electron chi connectivity index (χ1n) is 8.59. The predicted molar refractivity (Wildman–Crippen MR) is 98.1 cm³/mol. The molecule has 2 fully saturated rings. The standard InChI is InChI=1S/C18H24Cl2N2O3/c1-21-15-5-6-18(24-7-8-25-18)11-16(15)22(2)17(23)10-12-3-4-13(19)14(20)9-12/h3-4,9,15-16,21H,5-8,10-11H2,1-2H3/t15-,16-/m0/s1. The molecule has 2 atom stereocenters. The van der Waals surface area contributed by atoms with Gasteiger partial charge in [0.15, 0.2) is 5.79 Å². The summed E-state index contributed by atoms with van der Waals surface area (Å²) in [6.07, 6.45) is 2.73. The maximum absolute atomic E-state index is 12.8. The molecule has 2 aliphatic rings. The molecule has 7 heteroatoms. The number of carbonyl (C=O) groups is 1. The van der Waals surface area contributed by atoms with Crippen LogP contribution in [0.3, 0.4) is 0 Å². The van der Waals surface area contributed by atoms with Crippen LogP contribution in [0.5, 0.6) is 0 Å². The lowest BCUT2D eigenvalue weighted by atomic mass is 9.84. The van der Waals surface area contributed by atoms with Crippen molar-refractivity contribution < 1.29 is 14.3 Å². The molecule has 1 N–H and O–H groups in total. The van der Waals surface area contributed by atoms with Crippen LogP contribution in [0, 0.1) is 0 Å². The average molecular weight is 387 g/mol. The number of ether oxygens (including phenoxy) is 2. The first-order valence-corrected chi connectivity index (χ1v) is 9.34. The van der Waals surface area contributed by atoms with Gasteiger partial charge in [-0.05, 0) is 31.2 Å². The molecule has 1 aromatic carbocycles. The molecule has 5 nitrogen and oxygen atoms in total. The normalized spacial score (nSPS) is 25.3. The summed E-state index contributed by atoms with van der Waals surface area (Å²) in [6, 6.07) is 5.55. The van der Waals surface area contributed by atoms with Crippen LogP contribution >= 0.6 is 23.2 Å². The van der Waals surface area contributed by atoms with Gasteiger partial charge in [0, 0.05) is 25.9 Å². The Kier molecular flexibility index (Phi) is 5.91. The molecule has 0 aromatic heterocycles. The largest absolute Gasteiger partial charge is 0.347 e. The number of hydrogen-bond acceptors (Lipinski definition) is 4. The van der Waals surface area contributed by atoms with Crippen molar-refractivity contribution in [2.75, 3.05) is 27.3 Å². The van der Waals surface area contributed by atoms with E-state index in [1.54, 1.807) is 12.1 Å². The first kappa shape index (κ1) is 18.9. The molecule has 1 aliphatic heterocycles. The average Bonchev–Trinajstić information content (AvgIpc) is 3.05. The number of halogens is 2. The van der Waals surface area contributed by atoms with Crippen LogP contribution in [0.25, 0.3) is 0 Å². The number of hydrogen-bond donors (Lipinski definition) is 1. The van der Waals surface area contributed by atoms with E-state index in [0.717, 1.165) is 18.4 Å². The third-order valence-electron chi connectivity index (χ3n) is 5.24. The summed E-state index contributed by atoms with van der Waals surface area (Å²) >= 11 is 12.0. The molecular weight excluding hydrogens is 363 g/mol. The zero-order chi connectivity index (χ0) is 18.0. The van der Waals surface area contributed by atoms with Gasteiger partial charge < -0.3 is 19.7 Å². The smallest absolute Gasteiger partial charge is 0.227 e. The fraction of sp³-hybridized carbons (Fsp3) is 0.611. The zero-order valence-electron chi connectivity index (χ0n) is 14.6. The third kappa shape index (κ3) is 4.12. The molecule has 1 heterocycles. The summed E-state index contributed by atoms with van der Waals surface area (Å²) in [5.74, 6) is -0.491. The van der Waals surface area contributed by atoms with Gasteiger partial charge in [-0.3, -0.25) is 4.79 Å². The Labute approximate surface area is 158 Å². The lowest BCUT2D eigenvalue weighted by Gasteiger charge is -2.44. The van der Waals surface area contributed by atoms with Crippen LogP contribution in [0.4, 0.5) is 0 Å². The van der Waals surface area contributed by atoms with Gasteiger partial charge in [-0.1, -0.05) is 29.3 Å². The van der Waals surface area contributed by atoms with Crippen LogP contribution in [-0.2, 0) is 20.7 Å². The minimum atomic E-state index is -0.532. The van der Waals surface area contributed by atoms with Crippen molar-refractivity contribution in [2.45, 2.75) is 43.6 Å². The van der Waals surface area contributed by atoms with Crippen molar-refractivity contribution in [1.82, 2.24) is 10.2 Å². The van der Waals surface area contributed by atoms with Crippen molar-refractivity contribution in [3.8, 4) is 0 Å². The van der Waals surface area contributed by atoms with Gasteiger partial charge in [0.05, 0.1) is 35.7 Å². The van der Waals surface area contributed by atoms with Crippen LogP contribution in [0.1, 0.15) is 24.8 Å². The van der Waals surface area contributed by atoms with Gasteiger partial charge >= 0.3 is 0 Å². The Bertz CT molecular complexity index is 635. The number of carbonyl (C=O) groups excluding carboxylic acids is 1. The fourth-order valence-corrected chi connectivity index (χ4v) is 4.09. The lowest BCUT2D eigenvalue weighted by molar-refractivity contribution is -0.193. The number of likely N-dealkylation sites (N-methyl/N-ethyl adjacent to an activating group) is 2. The Hall–Kier alpha value is -0.850. The SMILES string of the molecule is CN[C@H]1CCC2(C[C@@H]1N(C)C(=O)Cc1ccc(Cl)c(Cl)c1)OCCO2. The molecule has 0 unspecified atom stereocenters. The molecule has 1 spiro atoms. The quantitative estimate of drug-likeness (QED) is 0.863. The molecule has 138 valence electrons. The van der Waals surface area contributed by atoms with Gasteiger partial charge in [0.1, 0.15) is 0 Å². The Morgan fingerprint density at radius 3 is 2.68 bits per heavy atom.